The zero-order valence-corrected chi connectivity index (χ0v) is 14.3. The lowest BCUT2D eigenvalue weighted by Crippen LogP contribution is -2.42. The van der Waals surface area contributed by atoms with Crippen LogP contribution in [0, 0.1) is 0 Å². The molecule has 1 unspecified atom stereocenters. The minimum Gasteiger partial charge on any atom is -0.367 e. The van der Waals surface area contributed by atoms with Crippen LogP contribution in [0.1, 0.15) is 16.8 Å². The van der Waals surface area contributed by atoms with E-state index in [1.165, 1.54) is 0 Å². The van der Waals surface area contributed by atoms with Gasteiger partial charge >= 0.3 is 0 Å². The Morgan fingerprint density at radius 3 is 2.32 bits per heavy atom. The molecule has 3 aromatic rings. The molecule has 2 nitrogen and oxygen atoms in total. The molecule has 0 radical (unpaired) electrons. The van der Waals surface area contributed by atoms with Crippen molar-refractivity contribution in [2.75, 3.05) is 0 Å². The van der Waals surface area contributed by atoms with Gasteiger partial charge in [-0.1, -0.05) is 66.2 Å². The summed E-state index contributed by atoms with van der Waals surface area (Å²) in [5.41, 5.74) is 3.69. The van der Waals surface area contributed by atoms with E-state index in [0.717, 1.165) is 27.5 Å². The summed E-state index contributed by atoms with van der Waals surface area (Å²) in [7, 11) is 0. The zero-order chi connectivity index (χ0) is 17.1. The van der Waals surface area contributed by atoms with Gasteiger partial charge in [-0.05, 0) is 47.5 Å². The smallest absolute Gasteiger partial charge is 0.124 e. The lowest BCUT2D eigenvalue weighted by Gasteiger charge is -2.36. The number of hydrogen-bond donors (Lipinski definition) is 1. The van der Waals surface area contributed by atoms with E-state index in [0.29, 0.717) is 0 Å². The highest BCUT2D eigenvalue weighted by Gasteiger charge is 2.35. The lowest BCUT2D eigenvalue weighted by atomic mass is 9.83. The molecule has 2 aromatic carbocycles. The van der Waals surface area contributed by atoms with Crippen molar-refractivity contribution < 1.29 is 0 Å². The Balaban J connectivity index is 1.84. The van der Waals surface area contributed by atoms with Crippen LogP contribution in [-0.2, 0) is 5.54 Å². The summed E-state index contributed by atoms with van der Waals surface area (Å²) < 4.78 is 0. The van der Waals surface area contributed by atoms with E-state index in [1.807, 2.05) is 66.9 Å². The van der Waals surface area contributed by atoms with Crippen molar-refractivity contribution in [2.24, 2.45) is 0 Å². The van der Waals surface area contributed by atoms with Crippen molar-refractivity contribution in [1.29, 1.82) is 0 Å². The molecular formula is C22H17ClN2. The summed E-state index contributed by atoms with van der Waals surface area (Å²) >= 11 is 6.10. The molecule has 1 N–H and O–H groups in total. The van der Waals surface area contributed by atoms with Crippen molar-refractivity contribution in [3.8, 4) is 0 Å². The zero-order valence-electron chi connectivity index (χ0n) is 13.6. The number of nitrogens with one attached hydrogen (secondary N) is 1. The van der Waals surface area contributed by atoms with E-state index in [2.05, 4.69) is 40.7 Å². The van der Waals surface area contributed by atoms with Crippen molar-refractivity contribution in [1.82, 2.24) is 10.3 Å². The predicted octanol–water partition coefficient (Wildman–Crippen LogP) is 5.18. The Bertz CT molecular complexity index is 915. The van der Waals surface area contributed by atoms with Gasteiger partial charge in [0.05, 0.1) is 5.69 Å². The topological polar surface area (TPSA) is 24.9 Å². The van der Waals surface area contributed by atoms with E-state index in [9.17, 15) is 0 Å². The normalized spacial score (nSPS) is 19.2. The molecule has 1 aliphatic rings. The van der Waals surface area contributed by atoms with Gasteiger partial charge in [0.15, 0.2) is 0 Å². The van der Waals surface area contributed by atoms with Crippen LogP contribution in [0.5, 0.6) is 0 Å². The van der Waals surface area contributed by atoms with Crippen molar-refractivity contribution in [3.05, 3.63) is 119 Å². The highest BCUT2D eigenvalue weighted by Crippen LogP contribution is 2.35. The Hall–Kier alpha value is -2.84. The van der Waals surface area contributed by atoms with Crippen molar-refractivity contribution in [3.63, 3.8) is 0 Å². The van der Waals surface area contributed by atoms with Gasteiger partial charge in [-0.25, -0.2) is 0 Å². The van der Waals surface area contributed by atoms with E-state index >= 15 is 0 Å². The molecule has 1 atom stereocenters. The molecule has 2 heterocycles. The fraction of sp³-hybridized carbons (Fsp3) is 0.0455. The summed E-state index contributed by atoms with van der Waals surface area (Å²) in [5.74, 6) is 0. The average molecular weight is 345 g/mol. The van der Waals surface area contributed by atoms with Crippen LogP contribution in [0.3, 0.4) is 0 Å². The van der Waals surface area contributed by atoms with Crippen LogP contribution in [0.2, 0.25) is 5.02 Å². The van der Waals surface area contributed by atoms with Gasteiger partial charge in [-0.3, -0.25) is 4.98 Å². The van der Waals surface area contributed by atoms with E-state index in [1.54, 1.807) is 0 Å². The third-order valence-electron chi connectivity index (χ3n) is 4.39. The summed E-state index contributed by atoms with van der Waals surface area (Å²) in [4.78, 5) is 4.63. The van der Waals surface area contributed by atoms with E-state index < -0.39 is 5.54 Å². The number of halogens is 1. The number of benzene rings is 2. The second-order valence-electron chi connectivity index (χ2n) is 5.96. The number of dihydropyridines is 1. The summed E-state index contributed by atoms with van der Waals surface area (Å²) in [6.45, 7) is 0. The molecule has 3 heteroatoms. The number of hydrogen-bond acceptors (Lipinski definition) is 2. The van der Waals surface area contributed by atoms with E-state index in [4.69, 9.17) is 11.6 Å². The first-order chi connectivity index (χ1) is 12.3. The van der Waals surface area contributed by atoms with Crippen LogP contribution in [0.4, 0.5) is 0 Å². The standard InChI is InChI=1S/C22H17ClN2/c23-19-13-11-18(12-14-19)22(21-10-4-5-16-24-21)15-6-9-20(25-22)17-7-2-1-3-8-17/h1-16,25H. The maximum atomic E-state index is 6.10. The number of aromatic nitrogens is 1. The van der Waals surface area contributed by atoms with Gasteiger partial charge in [0, 0.05) is 16.9 Å². The molecule has 0 saturated carbocycles. The second-order valence-corrected chi connectivity index (χ2v) is 6.40. The highest BCUT2D eigenvalue weighted by molar-refractivity contribution is 6.30. The molecule has 1 aromatic heterocycles. The minimum absolute atomic E-state index is 0.536. The molecule has 25 heavy (non-hydrogen) atoms. The highest BCUT2D eigenvalue weighted by atomic mass is 35.5. The fourth-order valence-electron chi connectivity index (χ4n) is 3.15. The van der Waals surface area contributed by atoms with Gasteiger partial charge in [0.2, 0.25) is 0 Å². The van der Waals surface area contributed by atoms with Crippen LogP contribution >= 0.6 is 11.6 Å². The number of rotatable bonds is 3. The maximum Gasteiger partial charge on any atom is 0.124 e. The third-order valence-corrected chi connectivity index (χ3v) is 4.65. The molecule has 0 saturated heterocycles. The Kier molecular flexibility index (Phi) is 4.12. The monoisotopic (exact) mass is 344 g/mol. The van der Waals surface area contributed by atoms with Gasteiger partial charge in [0.25, 0.3) is 0 Å². The second kappa shape index (κ2) is 6.58. The first kappa shape index (κ1) is 15.7. The van der Waals surface area contributed by atoms with Gasteiger partial charge in [-0.15, -0.1) is 0 Å². The van der Waals surface area contributed by atoms with E-state index in [-0.39, 0.29) is 0 Å². The molecular weight excluding hydrogens is 328 g/mol. The Morgan fingerprint density at radius 2 is 1.60 bits per heavy atom. The first-order valence-corrected chi connectivity index (χ1v) is 8.56. The molecule has 0 aliphatic carbocycles. The van der Waals surface area contributed by atoms with Gasteiger partial charge < -0.3 is 5.32 Å². The third kappa shape index (κ3) is 2.97. The van der Waals surface area contributed by atoms with Crippen LogP contribution in [-0.4, -0.2) is 4.98 Å². The quantitative estimate of drug-likeness (QED) is 0.708. The fourth-order valence-corrected chi connectivity index (χ4v) is 3.27. The first-order valence-electron chi connectivity index (χ1n) is 8.19. The largest absolute Gasteiger partial charge is 0.367 e. The van der Waals surface area contributed by atoms with Crippen LogP contribution in [0.15, 0.2) is 97.2 Å². The van der Waals surface area contributed by atoms with Gasteiger partial charge in [0.1, 0.15) is 5.54 Å². The number of nitrogens with zero attached hydrogens (tertiary/aromatic N) is 1. The SMILES string of the molecule is Clc1ccc(C2(c3ccccn3)C=CC=C(c3ccccc3)N2)cc1. The summed E-state index contributed by atoms with van der Waals surface area (Å²) in [6.07, 6.45) is 8.14. The Labute approximate surface area is 152 Å². The molecule has 0 spiro atoms. The van der Waals surface area contributed by atoms with Gasteiger partial charge in [-0.2, -0.15) is 0 Å². The van der Waals surface area contributed by atoms with Crippen LogP contribution < -0.4 is 5.32 Å². The molecule has 0 bridgehead atoms. The average Bonchev–Trinajstić information content (AvgIpc) is 2.70. The molecule has 0 fully saturated rings. The minimum atomic E-state index is -0.536. The Morgan fingerprint density at radius 1 is 0.840 bits per heavy atom. The molecule has 122 valence electrons. The predicted molar refractivity (Wildman–Crippen MR) is 103 cm³/mol. The lowest BCUT2D eigenvalue weighted by molar-refractivity contribution is 0.561. The molecule has 4 rings (SSSR count). The summed E-state index contributed by atoms with van der Waals surface area (Å²) in [5, 5.41) is 4.42. The number of allylic oxidation sites excluding steroid dienone is 2. The number of pyridine rings is 1. The summed E-state index contributed by atoms with van der Waals surface area (Å²) in [6, 6.07) is 24.2. The van der Waals surface area contributed by atoms with Crippen molar-refractivity contribution >= 4 is 17.3 Å². The maximum absolute atomic E-state index is 6.10. The molecule has 0 amide bonds. The molecule has 1 aliphatic heterocycles. The van der Waals surface area contributed by atoms with Crippen molar-refractivity contribution in [2.45, 2.75) is 5.54 Å². The van der Waals surface area contributed by atoms with Crippen LogP contribution in [0.25, 0.3) is 5.70 Å².